The number of hydrogen-bond acceptors (Lipinski definition) is 6. The molecule has 6 nitrogen and oxygen atoms in total. The Balaban J connectivity index is 1.62. The number of ether oxygens (including phenoxy) is 4. The first-order valence-corrected chi connectivity index (χ1v) is 13.2. The third-order valence-corrected chi connectivity index (χ3v) is 10.5. The lowest BCUT2D eigenvalue weighted by Gasteiger charge is -2.36. The zero-order valence-corrected chi connectivity index (χ0v) is 19.7. The zero-order valence-electron chi connectivity index (χ0n) is 18.7. The zero-order chi connectivity index (χ0) is 21.4. The molecule has 0 aromatic heterocycles. The molecule has 7 heteroatoms. The molecule has 0 bridgehead atoms. The maximum atomic E-state index is 13.1. The van der Waals surface area contributed by atoms with Gasteiger partial charge in [-0.15, -0.1) is 0 Å². The first-order valence-electron chi connectivity index (χ1n) is 10.3. The van der Waals surface area contributed by atoms with E-state index in [1.165, 1.54) is 0 Å². The van der Waals surface area contributed by atoms with Crippen molar-refractivity contribution in [3.05, 3.63) is 23.8 Å². The Morgan fingerprint density at radius 1 is 1.17 bits per heavy atom. The van der Waals surface area contributed by atoms with Gasteiger partial charge in [0.2, 0.25) is 6.79 Å². The van der Waals surface area contributed by atoms with Crippen LogP contribution in [-0.4, -0.2) is 45.5 Å². The van der Waals surface area contributed by atoms with E-state index in [4.69, 9.17) is 23.4 Å². The van der Waals surface area contributed by atoms with Crippen LogP contribution in [0.25, 0.3) is 0 Å². The molecule has 1 aromatic carbocycles. The molecule has 0 unspecified atom stereocenters. The van der Waals surface area contributed by atoms with Crippen molar-refractivity contribution in [3.63, 3.8) is 0 Å². The Labute approximate surface area is 174 Å². The monoisotopic (exact) mass is 422 g/mol. The van der Waals surface area contributed by atoms with Gasteiger partial charge in [0.25, 0.3) is 0 Å². The van der Waals surface area contributed by atoms with Gasteiger partial charge in [-0.2, -0.15) is 0 Å². The second-order valence-corrected chi connectivity index (χ2v) is 14.6. The largest absolute Gasteiger partial charge is 0.454 e. The summed E-state index contributed by atoms with van der Waals surface area (Å²) >= 11 is 0. The van der Waals surface area contributed by atoms with E-state index in [1.54, 1.807) is 18.2 Å². The molecule has 2 atom stereocenters. The van der Waals surface area contributed by atoms with Crippen LogP contribution in [0.2, 0.25) is 18.1 Å². The Kier molecular flexibility index (Phi) is 6.16. The summed E-state index contributed by atoms with van der Waals surface area (Å²) in [5, 5.41) is 0.180. The molecule has 3 rings (SSSR count). The molecule has 29 heavy (non-hydrogen) atoms. The maximum absolute atomic E-state index is 13.1. The second kappa shape index (κ2) is 8.02. The molecule has 1 fully saturated rings. The number of Topliss-reactive ketones (excluding diaryl/α,β-unsaturated/α-hetero) is 1. The van der Waals surface area contributed by atoms with Crippen LogP contribution in [0.1, 0.15) is 57.8 Å². The quantitative estimate of drug-likeness (QED) is 0.353. The van der Waals surface area contributed by atoms with Crippen molar-refractivity contribution < 1.29 is 28.2 Å². The van der Waals surface area contributed by atoms with Crippen molar-refractivity contribution in [2.45, 2.75) is 83.6 Å². The van der Waals surface area contributed by atoms with Gasteiger partial charge in [-0.25, -0.2) is 0 Å². The average Bonchev–Trinajstić information content (AvgIpc) is 3.20. The minimum Gasteiger partial charge on any atom is -0.454 e. The lowest BCUT2D eigenvalue weighted by atomic mass is 9.99. The predicted molar refractivity (Wildman–Crippen MR) is 113 cm³/mol. The number of carbonyl (C=O) groups is 1. The SMILES string of the molecule is CC1(C)O[C@@H](CCCO[Si](C)(C)C(C)(C)C)[C@H](C(=O)c2ccc3c(c2)OCO3)O1. The van der Waals surface area contributed by atoms with Gasteiger partial charge < -0.3 is 23.4 Å². The molecule has 2 aliphatic rings. The summed E-state index contributed by atoms with van der Waals surface area (Å²) in [5.41, 5.74) is 0.545. The third-order valence-electron chi connectivity index (χ3n) is 6.00. The van der Waals surface area contributed by atoms with Gasteiger partial charge in [0, 0.05) is 12.2 Å². The minimum absolute atomic E-state index is 0.0933. The van der Waals surface area contributed by atoms with Gasteiger partial charge in [-0.05, 0) is 63.0 Å². The smallest absolute Gasteiger partial charge is 0.231 e. The summed E-state index contributed by atoms with van der Waals surface area (Å²) in [6.45, 7) is 15.7. The second-order valence-electron chi connectivity index (χ2n) is 9.78. The Hall–Kier alpha value is -1.41. The molecule has 0 saturated carbocycles. The summed E-state index contributed by atoms with van der Waals surface area (Å²) in [7, 11) is -1.78. The highest BCUT2D eigenvalue weighted by molar-refractivity contribution is 6.74. The predicted octanol–water partition coefficient (Wildman–Crippen LogP) is 4.92. The molecule has 2 heterocycles. The first-order chi connectivity index (χ1) is 13.4. The number of carbonyl (C=O) groups excluding carboxylic acids is 1. The molecule has 0 spiro atoms. The Morgan fingerprint density at radius 2 is 1.86 bits per heavy atom. The standard InChI is InChI=1S/C22H34O6Si/c1-21(2,3)29(6,7)26-12-8-9-17-20(28-22(4,5)27-17)19(23)15-10-11-16-18(13-15)25-14-24-16/h10-11,13,17,20H,8-9,12,14H2,1-7H3/t17-,20+/m0/s1. The Morgan fingerprint density at radius 3 is 2.55 bits per heavy atom. The van der Waals surface area contributed by atoms with Crippen molar-refractivity contribution in [2.75, 3.05) is 13.4 Å². The fraction of sp³-hybridized carbons (Fsp3) is 0.682. The highest BCUT2D eigenvalue weighted by atomic mass is 28.4. The molecule has 0 aliphatic carbocycles. The van der Waals surface area contributed by atoms with Crippen molar-refractivity contribution in [1.29, 1.82) is 0 Å². The van der Waals surface area contributed by atoms with Crippen LogP contribution in [0.4, 0.5) is 0 Å². The van der Waals surface area contributed by atoms with Gasteiger partial charge in [0.05, 0.1) is 6.10 Å². The topological polar surface area (TPSA) is 63.2 Å². The molecular weight excluding hydrogens is 388 g/mol. The van der Waals surface area contributed by atoms with E-state index in [1.807, 2.05) is 13.8 Å². The van der Waals surface area contributed by atoms with E-state index in [9.17, 15) is 4.79 Å². The lowest BCUT2D eigenvalue weighted by molar-refractivity contribution is -0.143. The van der Waals surface area contributed by atoms with Crippen LogP contribution in [-0.2, 0) is 13.9 Å². The van der Waals surface area contributed by atoms with Crippen LogP contribution in [0.5, 0.6) is 11.5 Å². The molecule has 0 amide bonds. The summed E-state index contributed by atoms with van der Waals surface area (Å²) in [6.07, 6.45) is 0.588. The first kappa shape index (κ1) is 22.3. The number of ketones is 1. The van der Waals surface area contributed by atoms with Crippen LogP contribution in [0.15, 0.2) is 18.2 Å². The molecule has 0 radical (unpaired) electrons. The third kappa shape index (κ3) is 5.02. The number of rotatable bonds is 7. The van der Waals surface area contributed by atoms with E-state index >= 15 is 0 Å². The molecule has 162 valence electrons. The van der Waals surface area contributed by atoms with Gasteiger partial charge >= 0.3 is 0 Å². The van der Waals surface area contributed by atoms with Gasteiger partial charge in [-0.3, -0.25) is 4.79 Å². The van der Waals surface area contributed by atoms with Crippen LogP contribution in [0.3, 0.4) is 0 Å². The van der Waals surface area contributed by atoms with Crippen LogP contribution < -0.4 is 9.47 Å². The summed E-state index contributed by atoms with van der Waals surface area (Å²) < 4.78 is 29.0. The fourth-order valence-electron chi connectivity index (χ4n) is 3.31. The van der Waals surface area contributed by atoms with Crippen LogP contribution >= 0.6 is 0 Å². The van der Waals surface area contributed by atoms with Gasteiger partial charge in [0.1, 0.15) is 6.10 Å². The minimum atomic E-state index is -1.78. The highest BCUT2D eigenvalue weighted by Gasteiger charge is 2.45. The molecule has 1 saturated heterocycles. The van der Waals surface area contributed by atoms with Gasteiger partial charge in [0.15, 0.2) is 31.4 Å². The van der Waals surface area contributed by atoms with Crippen LogP contribution in [0, 0.1) is 0 Å². The molecule has 2 aliphatic heterocycles. The highest BCUT2D eigenvalue weighted by Crippen LogP contribution is 2.38. The normalized spacial score (nSPS) is 23.4. The maximum Gasteiger partial charge on any atom is 0.231 e. The van der Waals surface area contributed by atoms with E-state index < -0.39 is 20.2 Å². The van der Waals surface area contributed by atoms with E-state index in [2.05, 4.69) is 33.9 Å². The Bertz CT molecular complexity index is 752. The number of hydrogen-bond donors (Lipinski definition) is 0. The van der Waals surface area contributed by atoms with Crippen molar-refractivity contribution >= 4 is 14.1 Å². The summed E-state index contributed by atoms with van der Waals surface area (Å²) in [4.78, 5) is 13.1. The van der Waals surface area contributed by atoms with Crippen molar-refractivity contribution in [2.24, 2.45) is 0 Å². The van der Waals surface area contributed by atoms with E-state index in [-0.39, 0.29) is 23.7 Å². The van der Waals surface area contributed by atoms with Gasteiger partial charge in [-0.1, -0.05) is 20.8 Å². The fourth-order valence-corrected chi connectivity index (χ4v) is 4.40. The molecule has 1 aromatic rings. The molecular formula is C22H34O6Si. The lowest BCUT2D eigenvalue weighted by Crippen LogP contribution is -2.41. The average molecular weight is 423 g/mol. The van der Waals surface area contributed by atoms with Crippen molar-refractivity contribution in [3.8, 4) is 11.5 Å². The number of fused-ring (bicyclic) bond motifs is 1. The summed E-state index contributed by atoms with van der Waals surface area (Å²) in [5.74, 6) is 0.365. The van der Waals surface area contributed by atoms with Crippen molar-refractivity contribution in [1.82, 2.24) is 0 Å². The van der Waals surface area contributed by atoms with E-state index in [0.29, 0.717) is 30.1 Å². The summed E-state index contributed by atoms with van der Waals surface area (Å²) in [6, 6.07) is 5.23. The molecule has 0 N–H and O–H groups in total. The van der Waals surface area contributed by atoms with E-state index in [0.717, 1.165) is 6.42 Å². The number of benzene rings is 1.